The van der Waals surface area contributed by atoms with Crippen LogP contribution in [0.2, 0.25) is 0 Å². The Morgan fingerprint density at radius 3 is 2.74 bits per heavy atom. The second-order valence-electron chi connectivity index (χ2n) is 5.31. The Morgan fingerprint density at radius 1 is 1.30 bits per heavy atom. The Labute approximate surface area is 140 Å². The average molecular weight is 334 g/mol. The van der Waals surface area contributed by atoms with Gasteiger partial charge in [0.1, 0.15) is 16.5 Å². The first-order chi connectivity index (χ1) is 11.1. The quantitative estimate of drug-likeness (QED) is 0.695. The summed E-state index contributed by atoms with van der Waals surface area (Å²) in [6, 6.07) is 10.2. The van der Waals surface area contributed by atoms with Gasteiger partial charge in [-0.25, -0.2) is 9.78 Å². The van der Waals surface area contributed by atoms with E-state index < -0.39 is 0 Å². The molecule has 0 N–H and O–H groups in total. The van der Waals surface area contributed by atoms with Crippen molar-refractivity contribution in [1.82, 2.24) is 9.88 Å². The monoisotopic (exact) mass is 334 g/mol. The van der Waals surface area contributed by atoms with Crippen LogP contribution in [0.25, 0.3) is 0 Å². The van der Waals surface area contributed by atoms with Crippen LogP contribution in [0.15, 0.2) is 30.3 Å². The summed E-state index contributed by atoms with van der Waals surface area (Å²) in [5.74, 6) is -0.310. The molecule has 0 aliphatic rings. The van der Waals surface area contributed by atoms with Gasteiger partial charge in [-0.3, -0.25) is 4.90 Å². The number of likely N-dealkylation sites (N-methyl/N-ethyl adjacent to an activating group) is 1. The van der Waals surface area contributed by atoms with Crippen molar-refractivity contribution in [3.8, 4) is 0 Å². The van der Waals surface area contributed by atoms with Crippen LogP contribution in [-0.4, -0.2) is 43.2 Å². The van der Waals surface area contributed by atoms with E-state index in [0.717, 1.165) is 11.6 Å². The Hall–Kier alpha value is -1.76. The fourth-order valence-corrected chi connectivity index (χ4v) is 3.09. The van der Waals surface area contributed by atoms with E-state index in [0.29, 0.717) is 30.3 Å². The molecule has 0 fully saturated rings. The summed E-state index contributed by atoms with van der Waals surface area (Å²) in [6.45, 7) is 4.10. The third kappa shape index (κ3) is 5.42. The number of ether oxygens (including phenoxy) is 2. The lowest BCUT2D eigenvalue weighted by atomic mass is 10.2. The molecule has 0 aliphatic carbocycles. The molecule has 0 aliphatic heterocycles. The van der Waals surface area contributed by atoms with Crippen LogP contribution in [0.1, 0.15) is 25.9 Å². The minimum Gasteiger partial charge on any atom is -0.460 e. The van der Waals surface area contributed by atoms with Crippen molar-refractivity contribution in [1.29, 1.82) is 0 Å². The summed E-state index contributed by atoms with van der Waals surface area (Å²) in [5, 5.41) is 0.790. The van der Waals surface area contributed by atoms with Gasteiger partial charge >= 0.3 is 5.97 Å². The second kappa shape index (κ2) is 8.76. The van der Waals surface area contributed by atoms with Gasteiger partial charge in [0.05, 0.1) is 12.3 Å². The summed E-state index contributed by atoms with van der Waals surface area (Å²) in [4.78, 5) is 19.1. The number of methoxy groups -OCH3 is 1. The van der Waals surface area contributed by atoms with Crippen molar-refractivity contribution in [2.24, 2.45) is 0 Å². The van der Waals surface area contributed by atoms with Crippen molar-refractivity contribution >= 4 is 17.3 Å². The van der Waals surface area contributed by atoms with E-state index in [4.69, 9.17) is 9.47 Å². The predicted octanol–water partition coefficient (Wildman–Crippen LogP) is 2.89. The van der Waals surface area contributed by atoms with Crippen LogP contribution in [-0.2, 0) is 22.6 Å². The van der Waals surface area contributed by atoms with Gasteiger partial charge in [0.15, 0.2) is 0 Å². The standard InChI is InChI=1S/C17H22N2O3S/c1-13-16(23-15(18-13)12-21-3)17(20)22-10-9-19(2)11-14-7-5-4-6-8-14/h4-8H,9-12H2,1-3H3. The fourth-order valence-electron chi connectivity index (χ4n) is 2.16. The summed E-state index contributed by atoms with van der Waals surface area (Å²) in [5.41, 5.74) is 1.94. The van der Waals surface area contributed by atoms with Crippen molar-refractivity contribution in [2.75, 3.05) is 27.3 Å². The highest BCUT2D eigenvalue weighted by molar-refractivity contribution is 7.13. The molecule has 0 radical (unpaired) electrons. The van der Waals surface area contributed by atoms with E-state index in [9.17, 15) is 4.79 Å². The molecule has 0 saturated heterocycles. The van der Waals surface area contributed by atoms with Crippen molar-refractivity contribution in [3.05, 3.63) is 51.5 Å². The van der Waals surface area contributed by atoms with Gasteiger partial charge in [-0.2, -0.15) is 0 Å². The van der Waals surface area contributed by atoms with Crippen molar-refractivity contribution < 1.29 is 14.3 Å². The summed E-state index contributed by atoms with van der Waals surface area (Å²) < 4.78 is 10.4. The lowest BCUT2D eigenvalue weighted by Gasteiger charge is -2.16. The van der Waals surface area contributed by atoms with Crippen LogP contribution in [0.5, 0.6) is 0 Å². The lowest BCUT2D eigenvalue weighted by Crippen LogP contribution is -2.24. The SMILES string of the molecule is COCc1nc(C)c(C(=O)OCCN(C)Cc2ccccc2)s1. The van der Waals surface area contributed by atoms with Gasteiger partial charge in [0.25, 0.3) is 0 Å². The van der Waals surface area contributed by atoms with E-state index in [1.165, 1.54) is 16.9 Å². The normalized spacial score (nSPS) is 11.0. The molecule has 0 amide bonds. The highest BCUT2D eigenvalue weighted by Crippen LogP contribution is 2.19. The molecule has 124 valence electrons. The zero-order valence-corrected chi connectivity index (χ0v) is 14.6. The third-order valence-corrected chi connectivity index (χ3v) is 4.41. The van der Waals surface area contributed by atoms with Crippen LogP contribution in [0, 0.1) is 6.92 Å². The molecule has 0 bridgehead atoms. The van der Waals surface area contributed by atoms with Gasteiger partial charge in [-0.15, -0.1) is 11.3 Å². The molecular formula is C17H22N2O3S. The minimum atomic E-state index is -0.310. The van der Waals surface area contributed by atoms with Crippen LogP contribution >= 0.6 is 11.3 Å². The molecule has 2 aromatic rings. The summed E-state index contributed by atoms with van der Waals surface area (Å²) in [6.07, 6.45) is 0. The molecule has 0 unspecified atom stereocenters. The van der Waals surface area contributed by atoms with E-state index in [-0.39, 0.29) is 5.97 Å². The van der Waals surface area contributed by atoms with Crippen molar-refractivity contribution in [3.63, 3.8) is 0 Å². The Kier molecular flexibility index (Phi) is 6.70. The Balaban J connectivity index is 1.78. The maximum absolute atomic E-state index is 12.1. The number of aromatic nitrogens is 1. The first-order valence-electron chi connectivity index (χ1n) is 7.45. The maximum atomic E-state index is 12.1. The van der Waals surface area contributed by atoms with Crippen LogP contribution < -0.4 is 0 Å². The van der Waals surface area contributed by atoms with E-state index in [1.807, 2.05) is 32.2 Å². The zero-order valence-electron chi connectivity index (χ0n) is 13.7. The van der Waals surface area contributed by atoms with Crippen LogP contribution in [0.4, 0.5) is 0 Å². The molecule has 1 aromatic heterocycles. The smallest absolute Gasteiger partial charge is 0.350 e. The van der Waals surface area contributed by atoms with Gasteiger partial charge in [-0.1, -0.05) is 30.3 Å². The summed E-state index contributed by atoms with van der Waals surface area (Å²) >= 11 is 1.33. The molecule has 2 rings (SSSR count). The number of carbonyl (C=O) groups is 1. The molecule has 23 heavy (non-hydrogen) atoms. The number of rotatable bonds is 8. The number of hydrogen-bond donors (Lipinski definition) is 0. The number of thiazole rings is 1. The topological polar surface area (TPSA) is 51.7 Å². The molecule has 6 heteroatoms. The Bertz CT molecular complexity index is 628. The first kappa shape index (κ1) is 17.6. The molecule has 1 aromatic carbocycles. The number of esters is 1. The maximum Gasteiger partial charge on any atom is 0.350 e. The minimum absolute atomic E-state index is 0.310. The zero-order chi connectivity index (χ0) is 16.7. The third-order valence-electron chi connectivity index (χ3n) is 3.30. The number of aryl methyl sites for hydroxylation is 1. The average Bonchev–Trinajstić information content (AvgIpc) is 2.89. The van der Waals surface area contributed by atoms with E-state index >= 15 is 0 Å². The number of hydrogen-bond acceptors (Lipinski definition) is 6. The van der Waals surface area contributed by atoms with E-state index in [1.54, 1.807) is 7.11 Å². The largest absolute Gasteiger partial charge is 0.460 e. The molecule has 1 heterocycles. The summed E-state index contributed by atoms with van der Waals surface area (Å²) in [7, 11) is 3.62. The van der Waals surface area contributed by atoms with Crippen LogP contribution in [0.3, 0.4) is 0 Å². The lowest BCUT2D eigenvalue weighted by molar-refractivity contribution is 0.0475. The highest BCUT2D eigenvalue weighted by Gasteiger charge is 2.16. The molecular weight excluding hydrogens is 312 g/mol. The fraction of sp³-hybridized carbons (Fsp3) is 0.412. The number of nitrogens with zero attached hydrogens (tertiary/aromatic N) is 2. The Morgan fingerprint density at radius 2 is 2.04 bits per heavy atom. The highest BCUT2D eigenvalue weighted by atomic mass is 32.1. The predicted molar refractivity (Wildman–Crippen MR) is 90.6 cm³/mol. The van der Waals surface area contributed by atoms with Gasteiger partial charge < -0.3 is 9.47 Å². The number of carbonyl (C=O) groups excluding carboxylic acids is 1. The van der Waals surface area contributed by atoms with Gasteiger partial charge in [0, 0.05) is 20.2 Å². The first-order valence-corrected chi connectivity index (χ1v) is 8.26. The molecule has 0 atom stereocenters. The molecule has 5 nitrogen and oxygen atoms in total. The second-order valence-corrected chi connectivity index (χ2v) is 6.40. The van der Waals surface area contributed by atoms with Crippen molar-refractivity contribution in [2.45, 2.75) is 20.1 Å². The molecule has 0 saturated carbocycles. The van der Waals surface area contributed by atoms with E-state index in [2.05, 4.69) is 22.0 Å². The van der Waals surface area contributed by atoms with Gasteiger partial charge in [0.2, 0.25) is 0 Å². The molecule has 0 spiro atoms. The van der Waals surface area contributed by atoms with Gasteiger partial charge in [-0.05, 0) is 19.5 Å². The number of benzene rings is 1.